The molecule has 30 heavy (non-hydrogen) atoms. The summed E-state index contributed by atoms with van der Waals surface area (Å²) in [4.78, 5) is 24.3. The van der Waals surface area contributed by atoms with Crippen LogP contribution in [0.3, 0.4) is 0 Å². The Balaban J connectivity index is 1.87. The van der Waals surface area contributed by atoms with Gasteiger partial charge in [0, 0.05) is 13.1 Å². The molecule has 1 aromatic rings. The minimum absolute atomic E-state index is 0.0473. The monoisotopic (exact) mass is 458 g/mol. The fraction of sp³-hybridized carbons (Fsp3) is 0.579. The predicted molar refractivity (Wildman–Crippen MR) is 110 cm³/mol. The number of amides is 1. The normalized spacial score (nSPS) is 22.3. The SMILES string of the molecule is COC(=O)C1CCN(S(=O)(=O)c2ccc(N3C(=O)C(C)(C)CS3(=O)=O)cc2C)CC1. The van der Waals surface area contributed by atoms with Crippen molar-refractivity contribution in [1.82, 2.24) is 4.31 Å². The van der Waals surface area contributed by atoms with E-state index in [1.54, 1.807) is 20.8 Å². The highest BCUT2D eigenvalue weighted by Crippen LogP contribution is 2.37. The van der Waals surface area contributed by atoms with Crippen LogP contribution in [-0.4, -0.2) is 59.0 Å². The number of aryl methyl sites for hydroxylation is 1. The maximum Gasteiger partial charge on any atom is 0.308 e. The Morgan fingerprint density at radius 2 is 1.80 bits per heavy atom. The summed E-state index contributed by atoms with van der Waals surface area (Å²) in [6, 6.07) is 4.09. The van der Waals surface area contributed by atoms with Crippen LogP contribution in [0.15, 0.2) is 23.1 Å². The van der Waals surface area contributed by atoms with Crippen molar-refractivity contribution < 1.29 is 31.2 Å². The van der Waals surface area contributed by atoms with E-state index in [0.717, 1.165) is 4.31 Å². The van der Waals surface area contributed by atoms with Gasteiger partial charge in [-0.05, 0) is 57.4 Å². The quantitative estimate of drug-likeness (QED) is 0.624. The first kappa shape index (κ1) is 22.7. The number of hydrogen-bond donors (Lipinski definition) is 0. The van der Waals surface area contributed by atoms with E-state index in [0.29, 0.717) is 18.4 Å². The van der Waals surface area contributed by atoms with Gasteiger partial charge in [-0.15, -0.1) is 0 Å². The smallest absolute Gasteiger partial charge is 0.308 e. The summed E-state index contributed by atoms with van der Waals surface area (Å²) in [7, 11) is -6.34. The van der Waals surface area contributed by atoms with Crippen molar-refractivity contribution in [2.45, 2.75) is 38.5 Å². The molecule has 2 fully saturated rings. The number of anilines is 1. The predicted octanol–water partition coefficient (Wildman–Crippen LogP) is 1.27. The third-order valence-corrected chi connectivity index (χ3v) is 9.66. The van der Waals surface area contributed by atoms with Gasteiger partial charge in [-0.25, -0.2) is 21.1 Å². The maximum absolute atomic E-state index is 13.1. The van der Waals surface area contributed by atoms with Gasteiger partial charge in [-0.1, -0.05) is 0 Å². The Labute approximate surface area is 177 Å². The average molecular weight is 459 g/mol. The molecule has 0 saturated carbocycles. The molecule has 2 aliphatic heterocycles. The summed E-state index contributed by atoms with van der Waals surface area (Å²) < 4.78 is 58.0. The minimum atomic E-state index is -3.83. The van der Waals surface area contributed by atoms with Crippen LogP contribution in [0, 0.1) is 18.3 Å². The number of nitrogens with zero attached hydrogens (tertiary/aromatic N) is 2. The van der Waals surface area contributed by atoms with E-state index in [1.165, 1.54) is 29.6 Å². The van der Waals surface area contributed by atoms with Crippen molar-refractivity contribution in [1.29, 1.82) is 0 Å². The molecule has 1 aromatic carbocycles. The van der Waals surface area contributed by atoms with Crippen molar-refractivity contribution in [2.24, 2.45) is 11.3 Å². The fourth-order valence-corrected chi connectivity index (χ4v) is 7.72. The Hall–Kier alpha value is -1.98. The first-order valence-electron chi connectivity index (χ1n) is 9.57. The molecule has 2 saturated heterocycles. The summed E-state index contributed by atoms with van der Waals surface area (Å²) >= 11 is 0. The van der Waals surface area contributed by atoms with Gasteiger partial charge in [-0.2, -0.15) is 4.31 Å². The number of esters is 1. The maximum atomic E-state index is 13.1. The Morgan fingerprint density at radius 1 is 1.20 bits per heavy atom. The number of ether oxygens (including phenoxy) is 1. The molecule has 166 valence electrons. The van der Waals surface area contributed by atoms with E-state index in [2.05, 4.69) is 0 Å². The van der Waals surface area contributed by atoms with Gasteiger partial charge >= 0.3 is 5.97 Å². The second kappa shape index (κ2) is 7.61. The van der Waals surface area contributed by atoms with Gasteiger partial charge in [0.05, 0.1) is 34.8 Å². The van der Waals surface area contributed by atoms with E-state index in [4.69, 9.17) is 4.74 Å². The Bertz CT molecular complexity index is 1090. The highest BCUT2D eigenvalue weighted by Gasteiger charge is 2.50. The van der Waals surface area contributed by atoms with Crippen molar-refractivity contribution >= 4 is 37.6 Å². The van der Waals surface area contributed by atoms with Crippen molar-refractivity contribution in [3.8, 4) is 0 Å². The number of carbonyl (C=O) groups excluding carboxylic acids is 2. The topological polar surface area (TPSA) is 118 Å². The summed E-state index contributed by atoms with van der Waals surface area (Å²) in [5.74, 6) is -1.50. The van der Waals surface area contributed by atoms with Crippen molar-refractivity contribution in [2.75, 3.05) is 30.3 Å². The molecule has 3 rings (SSSR count). The van der Waals surface area contributed by atoms with Gasteiger partial charge in [0.15, 0.2) is 0 Å². The van der Waals surface area contributed by atoms with Crippen LogP contribution in [-0.2, 0) is 34.4 Å². The standard InChI is InChI=1S/C19H26N2O7S2/c1-13-11-15(21-18(23)19(2,3)12-29(21,24)25)5-6-16(13)30(26,27)20-9-7-14(8-10-20)17(22)28-4/h5-6,11,14H,7-10,12H2,1-4H3. The van der Waals surface area contributed by atoms with Crippen LogP contribution in [0.25, 0.3) is 0 Å². The first-order valence-corrected chi connectivity index (χ1v) is 12.6. The molecule has 11 heteroatoms. The fourth-order valence-electron chi connectivity index (χ4n) is 3.95. The molecule has 0 N–H and O–H groups in total. The zero-order valence-corrected chi connectivity index (χ0v) is 19.0. The number of hydrogen-bond acceptors (Lipinski definition) is 7. The van der Waals surface area contributed by atoms with Crippen LogP contribution in [0.1, 0.15) is 32.3 Å². The van der Waals surface area contributed by atoms with Crippen LogP contribution in [0.5, 0.6) is 0 Å². The third-order valence-electron chi connectivity index (χ3n) is 5.58. The number of benzene rings is 1. The molecular formula is C19H26N2O7S2. The number of sulfonamides is 2. The van der Waals surface area contributed by atoms with E-state index >= 15 is 0 Å². The lowest BCUT2D eigenvalue weighted by Crippen LogP contribution is -2.40. The number of rotatable bonds is 4. The molecule has 0 spiro atoms. The van der Waals surface area contributed by atoms with E-state index in [9.17, 15) is 26.4 Å². The van der Waals surface area contributed by atoms with E-state index < -0.39 is 31.4 Å². The Kier molecular flexibility index (Phi) is 5.76. The summed E-state index contributed by atoms with van der Waals surface area (Å²) in [5.41, 5.74) is -0.566. The van der Waals surface area contributed by atoms with E-state index in [1.807, 2.05) is 0 Å². The summed E-state index contributed by atoms with van der Waals surface area (Å²) in [5, 5.41) is 0. The second-order valence-corrected chi connectivity index (χ2v) is 12.1. The van der Waals surface area contributed by atoms with Crippen LogP contribution >= 0.6 is 0 Å². The van der Waals surface area contributed by atoms with Crippen LogP contribution in [0.2, 0.25) is 0 Å². The third kappa shape index (κ3) is 3.85. The molecule has 9 nitrogen and oxygen atoms in total. The average Bonchev–Trinajstić information content (AvgIpc) is 2.83. The van der Waals surface area contributed by atoms with Gasteiger partial charge in [0.2, 0.25) is 26.0 Å². The zero-order valence-electron chi connectivity index (χ0n) is 17.4. The highest BCUT2D eigenvalue weighted by atomic mass is 32.2. The van der Waals surface area contributed by atoms with E-state index in [-0.39, 0.29) is 41.3 Å². The Morgan fingerprint density at radius 3 is 2.27 bits per heavy atom. The van der Waals surface area contributed by atoms with Gasteiger partial charge in [-0.3, -0.25) is 9.59 Å². The molecule has 0 aliphatic carbocycles. The number of piperidine rings is 1. The first-order chi connectivity index (χ1) is 13.8. The number of methoxy groups -OCH3 is 1. The molecule has 0 atom stereocenters. The van der Waals surface area contributed by atoms with Gasteiger partial charge in [0.1, 0.15) is 0 Å². The molecule has 0 radical (unpaired) electrons. The molecule has 1 amide bonds. The molecule has 0 unspecified atom stereocenters. The molecular weight excluding hydrogens is 432 g/mol. The lowest BCUT2D eigenvalue weighted by atomic mass is 9.95. The second-order valence-electron chi connectivity index (χ2n) is 8.36. The summed E-state index contributed by atoms with van der Waals surface area (Å²) in [6.07, 6.45) is 0.747. The van der Waals surface area contributed by atoms with Crippen molar-refractivity contribution in [3.63, 3.8) is 0 Å². The number of carbonyl (C=O) groups is 2. The molecule has 2 aliphatic rings. The zero-order chi connectivity index (χ0) is 22.5. The largest absolute Gasteiger partial charge is 0.469 e. The summed E-state index contributed by atoms with van der Waals surface area (Å²) in [6.45, 7) is 5.08. The lowest BCUT2D eigenvalue weighted by Gasteiger charge is -2.30. The lowest BCUT2D eigenvalue weighted by molar-refractivity contribution is -0.146. The van der Waals surface area contributed by atoms with Gasteiger partial charge < -0.3 is 4.74 Å². The van der Waals surface area contributed by atoms with Gasteiger partial charge in [0.25, 0.3) is 0 Å². The van der Waals surface area contributed by atoms with Crippen molar-refractivity contribution in [3.05, 3.63) is 23.8 Å². The van der Waals surface area contributed by atoms with Crippen LogP contribution in [0.4, 0.5) is 5.69 Å². The molecule has 0 bridgehead atoms. The highest BCUT2D eigenvalue weighted by molar-refractivity contribution is 7.94. The van der Waals surface area contributed by atoms with Crippen LogP contribution < -0.4 is 4.31 Å². The minimum Gasteiger partial charge on any atom is -0.469 e. The molecule has 0 aromatic heterocycles. The molecule has 2 heterocycles.